The van der Waals surface area contributed by atoms with Crippen molar-refractivity contribution in [3.63, 3.8) is 0 Å². The number of rotatable bonds is 5. The van der Waals surface area contributed by atoms with Gasteiger partial charge in [-0.3, -0.25) is 4.98 Å². The quantitative estimate of drug-likeness (QED) is 0.466. The maximum Gasteiger partial charge on any atom is 0.245 e. The molecule has 4 aromatic rings. The molecule has 3 heteroatoms. The van der Waals surface area contributed by atoms with Crippen molar-refractivity contribution in [3.05, 3.63) is 127 Å². The van der Waals surface area contributed by atoms with Gasteiger partial charge in [0.2, 0.25) is 6.71 Å². The monoisotopic (exact) mass is 363 g/mol. The van der Waals surface area contributed by atoms with E-state index in [2.05, 4.69) is 4.98 Å². The van der Waals surface area contributed by atoms with Crippen molar-refractivity contribution in [2.45, 2.75) is 0 Å². The van der Waals surface area contributed by atoms with Crippen LogP contribution in [0.15, 0.2) is 115 Å². The highest BCUT2D eigenvalue weighted by Crippen LogP contribution is 2.28. The second-order valence-electron chi connectivity index (χ2n) is 6.56. The van der Waals surface area contributed by atoms with Gasteiger partial charge in [-0.2, -0.15) is 0 Å². The van der Waals surface area contributed by atoms with Gasteiger partial charge in [0.25, 0.3) is 0 Å². The Morgan fingerprint density at radius 3 is 1.61 bits per heavy atom. The van der Waals surface area contributed by atoms with Gasteiger partial charge in [-0.25, -0.2) is 4.39 Å². The molecule has 0 saturated heterocycles. The molecule has 1 aromatic heterocycles. The van der Waals surface area contributed by atoms with E-state index in [0.29, 0.717) is 11.2 Å². The number of pyridine rings is 1. The fourth-order valence-corrected chi connectivity index (χ4v) is 3.49. The Balaban J connectivity index is 2.00. The minimum atomic E-state index is -0.301. The summed E-state index contributed by atoms with van der Waals surface area (Å²) in [5, 5.41) is 0. The Labute approximate surface area is 165 Å². The van der Waals surface area contributed by atoms with E-state index in [1.807, 2.05) is 97.1 Å². The summed E-state index contributed by atoms with van der Waals surface area (Å²) in [5.74, 6) is -0.301. The largest absolute Gasteiger partial charge is 0.254 e. The van der Waals surface area contributed by atoms with Gasteiger partial charge in [0.15, 0.2) is 0 Å². The summed E-state index contributed by atoms with van der Waals surface area (Å²) in [7, 11) is 0. The predicted octanol–water partition coefficient (Wildman–Crippen LogP) is 4.77. The smallest absolute Gasteiger partial charge is 0.245 e. The summed E-state index contributed by atoms with van der Waals surface area (Å²) in [6.07, 6.45) is 1.62. The van der Waals surface area contributed by atoms with E-state index < -0.39 is 0 Å². The molecule has 3 aromatic carbocycles. The fraction of sp³-hybridized carbons (Fsp3) is 0. The van der Waals surface area contributed by atoms with Gasteiger partial charge in [0.05, 0.1) is 5.69 Å². The van der Waals surface area contributed by atoms with Crippen molar-refractivity contribution in [2.24, 2.45) is 0 Å². The molecule has 0 saturated carbocycles. The summed E-state index contributed by atoms with van der Waals surface area (Å²) in [6.45, 7) is -0.244. The first-order chi connectivity index (χ1) is 13.8. The van der Waals surface area contributed by atoms with Crippen LogP contribution in [0.25, 0.3) is 11.3 Å². The SMILES string of the molecule is F/C(=C(/B(c1ccccc1)c1ccccc1)c1ccccc1)c1ccccn1. The van der Waals surface area contributed by atoms with E-state index in [4.69, 9.17) is 0 Å². The summed E-state index contributed by atoms with van der Waals surface area (Å²) in [5.41, 5.74) is 3.90. The Hall–Kier alpha value is -3.46. The second kappa shape index (κ2) is 8.49. The van der Waals surface area contributed by atoms with Crippen molar-refractivity contribution in [1.82, 2.24) is 4.98 Å². The van der Waals surface area contributed by atoms with Crippen LogP contribution in [0.1, 0.15) is 11.3 Å². The topological polar surface area (TPSA) is 12.9 Å². The van der Waals surface area contributed by atoms with Gasteiger partial charge < -0.3 is 0 Å². The summed E-state index contributed by atoms with van der Waals surface area (Å²) in [6, 6.07) is 35.2. The molecule has 0 amide bonds. The number of benzene rings is 3. The van der Waals surface area contributed by atoms with Crippen LogP contribution in [-0.4, -0.2) is 11.7 Å². The minimum Gasteiger partial charge on any atom is -0.254 e. The highest BCUT2D eigenvalue weighted by atomic mass is 19.1. The highest BCUT2D eigenvalue weighted by Gasteiger charge is 2.29. The molecule has 0 bridgehead atoms. The lowest BCUT2D eigenvalue weighted by molar-refractivity contribution is 0.756. The molecule has 0 unspecified atom stereocenters. The predicted molar refractivity (Wildman–Crippen MR) is 117 cm³/mol. The van der Waals surface area contributed by atoms with Gasteiger partial charge in [-0.05, 0) is 23.2 Å². The van der Waals surface area contributed by atoms with Gasteiger partial charge in [-0.15, -0.1) is 0 Å². The van der Waals surface area contributed by atoms with E-state index in [1.54, 1.807) is 18.3 Å². The van der Waals surface area contributed by atoms with E-state index in [0.717, 1.165) is 16.5 Å². The van der Waals surface area contributed by atoms with Crippen LogP contribution in [0, 0.1) is 0 Å². The number of aromatic nitrogens is 1. The van der Waals surface area contributed by atoms with Crippen molar-refractivity contribution < 1.29 is 4.39 Å². The summed E-state index contributed by atoms with van der Waals surface area (Å²) >= 11 is 0. The van der Waals surface area contributed by atoms with E-state index in [1.165, 1.54) is 0 Å². The van der Waals surface area contributed by atoms with Crippen LogP contribution in [0.4, 0.5) is 4.39 Å². The molecule has 0 radical (unpaired) electrons. The fourth-order valence-electron chi connectivity index (χ4n) is 3.49. The first-order valence-corrected chi connectivity index (χ1v) is 9.31. The van der Waals surface area contributed by atoms with Gasteiger partial charge >= 0.3 is 0 Å². The lowest BCUT2D eigenvalue weighted by atomic mass is 9.35. The van der Waals surface area contributed by atoms with Gasteiger partial charge in [0.1, 0.15) is 5.83 Å². The molecule has 0 aliphatic rings. The Morgan fingerprint density at radius 2 is 1.11 bits per heavy atom. The Morgan fingerprint density at radius 1 is 0.607 bits per heavy atom. The normalized spacial score (nSPS) is 11.6. The average molecular weight is 363 g/mol. The van der Waals surface area contributed by atoms with E-state index >= 15 is 4.39 Å². The molecule has 0 fully saturated rings. The standard InChI is InChI=1S/C25H19BFN/c27-25(23-18-10-11-19-28-23)24(20-12-4-1-5-13-20)26(21-14-6-2-7-15-21)22-16-8-3-9-17-22/h1-19H/b25-24+. The third kappa shape index (κ3) is 3.79. The molecular formula is C25H19BFN. The van der Waals surface area contributed by atoms with Crippen LogP contribution >= 0.6 is 0 Å². The number of hydrogen-bond donors (Lipinski definition) is 0. The molecule has 0 N–H and O–H groups in total. The van der Waals surface area contributed by atoms with Crippen LogP contribution in [0.5, 0.6) is 0 Å². The average Bonchev–Trinajstić information content (AvgIpc) is 2.79. The lowest BCUT2D eigenvalue weighted by Gasteiger charge is -2.20. The first kappa shape index (κ1) is 17.9. The van der Waals surface area contributed by atoms with Crippen molar-refractivity contribution in [2.75, 3.05) is 0 Å². The van der Waals surface area contributed by atoms with Crippen molar-refractivity contribution in [1.29, 1.82) is 0 Å². The molecule has 0 atom stereocenters. The van der Waals surface area contributed by atoms with Gasteiger partial charge in [0, 0.05) is 6.20 Å². The third-order valence-corrected chi connectivity index (χ3v) is 4.77. The number of hydrogen-bond acceptors (Lipinski definition) is 1. The Kier molecular flexibility index (Phi) is 5.44. The zero-order chi connectivity index (χ0) is 19.2. The molecule has 0 spiro atoms. The molecule has 4 rings (SSSR count). The van der Waals surface area contributed by atoms with E-state index in [-0.39, 0.29) is 12.5 Å². The van der Waals surface area contributed by atoms with Crippen LogP contribution in [0.3, 0.4) is 0 Å². The molecule has 1 nitrogen and oxygen atoms in total. The summed E-state index contributed by atoms with van der Waals surface area (Å²) in [4.78, 5) is 4.26. The lowest BCUT2D eigenvalue weighted by Crippen LogP contribution is -2.43. The van der Waals surface area contributed by atoms with Gasteiger partial charge in [-0.1, -0.05) is 108 Å². The minimum absolute atomic E-state index is 0.244. The first-order valence-electron chi connectivity index (χ1n) is 9.31. The van der Waals surface area contributed by atoms with E-state index in [9.17, 15) is 0 Å². The third-order valence-electron chi connectivity index (χ3n) is 4.77. The van der Waals surface area contributed by atoms with Crippen molar-refractivity contribution in [3.8, 4) is 0 Å². The zero-order valence-electron chi connectivity index (χ0n) is 15.4. The molecule has 28 heavy (non-hydrogen) atoms. The molecular weight excluding hydrogens is 344 g/mol. The molecule has 0 aliphatic carbocycles. The molecule has 0 aliphatic heterocycles. The van der Waals surface area contributed by atoms with Crippen molar-refractivity contribution >= 4 is 28.9 Å². The maximum atomic E-state index is 15.9. The maximum absolute atomic E-state index is 15.9. The number of halogens is 1. The number of nitrogens with zero attached hydrogens (tertiary/aromatic N) is 1. The van der Waals surface area contributed by atoms with Crippen LogP contribution in [0.2, 0.25) is 0 Å². The van der Waals surface area contributed by atoms with Crippen LogP contribution in [-0.2, 0) is 0 Å². The second-order valence-corrected chi connectivity index (χ2v) is 6.56. The zero-order valence-corrected chi connectivity index (χ0v) is 15.4. The molecule has 1 heterocycles. The van der Waals surface area contributed by atoms with Crippen LogP contribution < -0.4 is 10.9 Å². The molecule has 134 valence electrons. The summed E-state index contributed by atoms with van der Waals surface area (Å²) < 4.78 is 15.9. The highest BCUT2D eigenvalue weighted by molar-refractivity contribution is 7.00. The Bertz CT molecular complexity index is 1010.